The van der Waals surface area contributed by atoms with Crippen molar-refractivity contribution in [3.05, 3.63) is 12.7 Å². The van der Waals surface area contributed by atoms with Crippen LogP contribution in [-0.2, 0) is 41.1 Å². The van der Waals surface area contributed by atoms with Gasteiger partial charge < -0.3 is 39.3 Å². The molecule has 2 aromatic rings. The molecular weight excluding hydrogens is 515 g/mol. The quantitative estimate of drug-likeness (QED) is 0.203. The summed E-state index contributed by atoms with van der Waals surface area (Å²) in [6.07, 6.45) is 0.258. The first-order valence-electron chi connectivity index (χ1n) is 8.67. The van der Waals surface area contributed by atoms with E-state index in [1.807, 2.05) is 0 Å². The van der Waals surface area contributed by atoms with Crippen LogP contribution in [0.5, 0.6) is 0 Å². The van der Waals surface area contributed by atoms with Gasteiger partial charge in [-0.1, -0.05) is 0 Å². The number of nitrogens with zero attached hydrogens (tertiary/aromatic N) is 4. The monoisotopic (exact) mass is 533 g/mol. The molecule has 2 unspecified atom stereocenters. The highest BCUT2D eigenvalue weighted by Crippen LogP contribution is 2.66. The van der Waals surface area contributed by atoms with Gasteiger partial charge in [0, 0.05) is 6.92 Å². The molecule has 1 fully saturated rings. The smallest absolute Gasteiger partial charge is 0.457 e. The summed E-state index contributed by atoms with van der Waals surface area (Å²) in [4.78, 5) is 59.6. The van der Waals surface area contributed by atoms with Gasteiger partial charge in [0.25, 0.3) is 0 Å². The van der Waals surface area contributed by atoms with Crippen molar-refractivity contribution in [3.63, 3.8) is 0 Å². The summed E-state index contributed by atoms with van der Waals surface area (Å²) >= 11 is 0. The molecule has 0 spiro atoms. The lowest BCUT2D eigenvalue weighted by Gasteiger charge is -2.24. The van der Waals surface area contributed by atoms with E-state index in [1.54, 1.807) is 0 Å². The number of anilines is 1. The molecule has 6 N–H and O–H groups in total. The number of nitrogen functional groups attached to an aromatic ring is 1. The summed E-state index contributed by atoms with van der Waals surface area (Å²) in [5, 5.41) is 0. The van der Waals surface area contributed by atoms with E-state index in [-0.39, 0.29) is 17.9 Å². The summed E-state index contributed by atoms with van der Waals surface area (Å²) in [5.74, 6) is -0.622. The molecular formula is C12H18N5O13P3. The van der Waals surface area contributed by atoms with Gasteiger partial charge >= 0.3 is 29.4 Å². The Morgan fingerprint density at radius 1 is 1.18 bits per heavy atom. The summed E-state index contributed by atoms with van der Waals surface area (Å²) in [6, 6.07) is -0.734. The van der Waals surface area contributed by atoms with Crippen molar-refractivity contribution in [2.24, 2.45) is 0 Å². The number of esters is 1. The highest BCUT2D eigenvalue weighted by Gasteiger charge is 2.45. The molecule has 2 aromatic heterocycles. The molecule has 21 heteroatoms. The van der Waals surface area contributed by atoms with Crippen molar-refractivity contribution >= 4 is 46.4 Å². The van der Waals surface area contributed by atoms with Gasteiger partial charge in [0.2, 0.25) is 0 Å². The van der Waals surface area contributed by atoms with E-state index in [1.165, 1.54) is 17.2 Å². The Hall–Kier alpha value is -1.81. The Balaban J connectivity index is 1.76. The maximum absolute atomic E-state index is 12.0. The van der Waals surface area contributed by atoms with Crippen LogP contribution in [0.3, 0.4) is 0 Å². The van der Waals surface area contributed by atoms with Gasteiger partial charge in [0.05, 0.1) is 25.6 Å². The van der Waals surface area contributed by atoms with Gasteiger partial charge in [-0.3, -0.25) is 9.32 Å². The van der Waals surface area contributed by atoms with E-state index in [0.717, 1.165) is 6.92 Å². The molecule has 0 bridgehead atoms. The van der Waals surface area contributed by atoms with Crippen LogP contribution in [0.1, 0.15) is 13.0 Å². The number of hydrogen-bond donors (Lipinski definition) is 5. The average Bonchev–Trinajstić information content (AvgIpc) is 3.21. The molecule has 0 aromatic carbocycles. The number of imidazole rings is 1. The minimum atomic E-state index is -5.68. The van der Waals surface area contributed by atoms with E-state index in [2.05, 4.69) is 28.1 Å². The third kappa shape index (κ3) is 6.62. The standard InChI is InChI=1S/C12H18N5O13P3/c1-6(18)28-10-7(17-5-16-9-11(13)14-4-15-12(9)17)2-26-8(10)3-27-32(22,23)30-33(24,25)29-31(19,20)21/h4-5,7-8,10H,2-3H2,1H3,(H,22,23)(H,24,25)(H2,13,14,15)(H2,19,20,21)/t7-,8-,10+/m0/s1. The fraction of sp³-hybridized carbons (Fsp3) is 0.500. The third-order valence-corrected chi connectivity index (χ3v) is 7.89. The molecule has 5 atom stereocenters. The second-order valence-electron chi connectivity index (χ2n) is 6.48. The number of hydrogen-bond acceptors (Lipinski definition) is 13. The highest BCUT2D eigenvalue weighted by molar-refractivity contribution is 7.66. The van der Waals surface area contributed by atoms with Crippen molar-refractivity contribution in [1.29, 1.82) is 0 Å². The second kappa shape index (κ2) is 9.44. The normalized spacial score (nSPS) is 24.9. The first-order chi connectivity index (χ1) is 15.2. The number of aromatic nitrogens is 4. The van der Waals surface area contributed by atoms with Crippen molar-refractivity contribution in [1.82, 2.24) is 19.5 Å². The van der Waals surface area contributed by atoms with Crippen molar-refractivity contribution in [2.45, 2.75) is 25.2 Å². The highest BCUT2D eigenvalue weighted by atomic mass is 31.3. The van der Waals surface area contributed by atoms with Gasteiger partial charge in [-0.25, -0.2) is 28.6 Å². The van der Waals surface area contributed by atoms with Gasteiger partial charge in [-0.15, -0.1) is 0 Å². The van der Waals surface area contributed by atoms with Crippen LogP contribution in [0.4, 0.5) is 5.82 Å². The van der Waals surface area contributed by atoms with E-state index in [4.69, 9.17) is 25.0 Å². The summed E-state index contributed by atoms with van der Waals surface area (Å²) in [7, 11) is -16.6. The average molecular weight is 533 g/mol. The van der Waals surface area contributed by atoms with Crippen LogP contribution in [0.2, 0.25) is 0 Å². The van der Waals surface area contributed by atoms with Crippen LogP contribution >= 0.6 is 23.5 Å². The van der Waals surface area contributed by atoms with Crippen molar-refractivity contribution < 1.29 is 60.7 Å². The van der Waals surface area contributed by atoms with Gasteiger partial charge in [0.1, 0.15) is 17.9 Å². The van der Waals surface area contributed by atoms with Crippen LogP contribution in [0, 0.1) is 0 Å². The number of carbonyl (C=O) groups excluding carboxylic acids is 1. The molecule has 184 valence electrons. The van der Waals surface area contributed by atoms with Gasteiger partial charge in [0.15, 0.2) is 17.6 Å². The Morgan fingerprint density at radius 2 is 1.88 bits per heavy atom. The topological polar surface area (TPSA) is 265 Å². The van der Waals surface area contributed by atoms with E-state index in [9.17, 15) is 28.3 Å². The van der Waals surface area contributed by atoms with Crippen molar-refractivity contribution in [3.8, 4) is 0 Å². The molecule has 1 aliphatic rings. The maximum atomic E-state index is 12.0. The molecule has 0 saturated carbocycles. The Bertz CT molecular complexity index is 1180. The molecule has 0 radical (unpaired) electrons. The van der Waals surface area contributed by atoms with Gasteiger partial charge in [-0.05, 0) is 0 Å². The van der Waals surface area contributed by atoms with Crippen molar-refractivity contribution in [2.75, 3.05) is 18.9 Å². The predicted molar refractivity (Wildman–Crippen MR) is 104 cm³/mol. The number of phosphoric ester groups is 1. The fourth-order valence-corrected chi connectivity index (χ4v) is 6.00. The molecule has 0 aliphatic carbocycles. The zero-order valence-electron chi connectivity index (χ0n) is 16.5. The van der Waals surface area contributed by atoms with E-state index < -0.39 is 54.3 Å². The molecule has 0 amide bonds. The SMILES string of the molecule is CC(=O)O[C@H]1[C@H](COP(=O)(O)OP(=O)(O)OP(=O)(O)O)OC[C@@H]1n1cnc2c(N)ncnc21. The lowest BCUT2D eigenvalue weighted by Crippen LogP contribution is -2.35. The number of rotatable bonds is 9. The Labute approximate surface area is 184 Å². The lowest BCUT2D eigenvalue weighted by atomic mass is 10.1. The zero-order chi connectivity index (χ0) is 24.6. The molecule has 3 heterocycles. The van der Waals surface area contributed by atoms with Crippen LogP contribution in [0.15, 0.2) is 12.7 Å². The first-order valence-corrected chi connectivity index (χ1v) is 13.2. The van der Waals surface area contributed by atoms with Crippen LogP contribution in [-0.4, -0.2) is 70.5 Å². The second-order valence-corrected chi connectivity index (χ2v) is 10.9. The zero-order valence-corrected chi connectivity index (χ0v) is 19.2. The third-order valence-electron chi connectivity index (χ3n) is 4.09. The Kier molecular flexibility index (Phi) is 7.39. The number of ether oxygens (including phenoxy) is 2. The number of carbonyl (C=O) groups is 1. The number of fused-ring (bicyclic) bond motifs is 1. The summed E-state index contributed by atoms with van der Waals surface area (Å²) in [6.45, 7) is 0.209. The fourth-order valence-electron chi connectivity index (χ4n) is 2.97. The van der Waals surface area contributed by atoms with Gasteiger partial charge in [-0.2, -0.15) is 8.62 Å². The number of nitrogens with two attached hydrogens (primary N) is 1. The molecule has 18 nitrogen and oxygen atoms in total. The molecule has 33 heavy (non-hydrogen) atoms. The largest absolute Gasteiger partial charge is 0.490 e. The first kappa shape index (κ1) is 25.8. The number of phosphoric acid groups is 3. The lowest BCUT2D eigenvalue weighted by molar-refractivity contribution is -0.151. The van der Waals surface area contributed by atoms with E-state index >= 15 is 0 Å². The van der Waals surface area contributed by atoms with E-state index in [0.29, 0.717) is 5.65 Å². The summed E-state index contributed by atoms with van der Waals surface area (Å²) < 4.78 is 58.2. The molecule has 3 rings (SSSR count). The predicted octanol–water partition coefficient (Wildman–Crippen LogP) is -0.377. The minimum Gasteiger partial charge on any atom is -0.457 e. The maximum Gasteiger partial charge on any atom is 0.490 e. The molecule has 1 aliphatic heterocycles. The van der Waals surface area contributed by atoms with Crippen LogP contribution in [0.25, 0.3) is 11.2 Å². The molecule has 1 saturated heterocycles. The van der Waals surface area contributed by atoms with Crippen LogP contribution < -0.4 is 5.73 Å². The Morgan fingerprint density at radius 3 is 2.52 bits per heavy atom. The summed E-state index contributed by atoms with van der Waals surface area (Å²) in [5.41, 5.74) is 6.32. The minimum absolute atomic E-state index is 0.0995.